The molecule has 3 rings (SSSR count). The van der Waals surface area contributed by atoms with Gasteiger partial charge in [-0.1, -0.05) is 25.0 Å². The normalized spacial score (nSPS) is 21.9. The zero-order chi connectivity index (χ0) is 19.9. The molecule has 0 aliphatic carbocycles. The van der Waals surface area contributed by atoms with E-state index >= 15 is 0 Å². The third-order valence-corrected chi connectivity index (χ3v) is 6.14. The van der Waals surface area contributed by atoms with Crippen molar-refractivity contribution < 1.29 is 4.79 Å². The van der Waals surface area contributed by atoms with Gasteiger partial charge in [0.15, 0.2) is 0 Å². The van der Waals surface area contributed by atoms with Gasteiger partial charge in [-0.3, -0.25) is 4.90 Å². The first-order chi connectivity index (χ1) is 13.6. The summed E-state index contributed by atoms with van der Waals surface area (Å²) in [5, 5.41) is 12.1. The highest BCUT2D eigenvalue weighted by atomic mass is 16.2. The molecule has 0 spiro atoms. The Hall–Kier alpha value is -2.06. The smallest absolute Gasteiger partial charge is 0.317 e. The molecule has 2 aliphatic heterocycles. The molecule has 5 nitrogen and oxygen atoms in total. The lowest BCUT2D eigenvalue weighted by molar-refractivity contribution is 0.0974. The number of nitrogens with one attached hydrogen (secondary N) is 1. The van der Waals surface area contributed by atoms with Crippen LogP contribution in [-0.4, -0.2) is 47.5 Å². The predicted octanol–water partition coefficient (Wildman–Crippen LogP) is 4.13. The number of nitriles is 1. The van der Waals surface area contributed by atoms with Crippen molar-refractivity contribution in [1.82, 2.24) is 15.1 Å². The minimum Gasteiger partial charge on any atom is -0.336 e. The summed E-state index contributed by atoms with van der Waals surface area (Å²) in [6.07, 6.45) is 7.06. The second-order valence-electron chi connectivity index (χ2n) is 8.64. The summed E-state index contributed by atoms with van der Waals surface area (Å²) in [6.45, 7) is 8.08. The first-order valence-electron chi connectivity index (χ1n) is 10.9. The van der Waals surface area contributed by atoms with Crippen molar-refractivity contribution in [2.24, 2.45) is 5.92 Å². The molecular formula is C23H34N4O. The fourth-order valence-corrected chi connectivity index (χ4v) is 4.64. The van der Waals surface area contributed by atoms with Crippen molar-refractivity contribution in [1.29, 1.82) is 5.26 Å². The Balaban J connectivity index is 1.56. The van der Waals surface area contributed by atoms with Gasteiger partial charge in [0.05, 0.1) is 11.6 Å². The lowest BCUT2D eigenvalue weighted by atomic mass is 9.86. The highest BCUT2D eigenvalue weighted by Crippen LogP contribution is 2.30. The van der Waals surface area contributed by atoms with Crippen molar-refractivity contribution >= 4 is 6.03 Å². The largest absolute Gasteiger partial charge is 0.336 e. The monoisotopic (exact) mass is 382 g/mol. The molecule has 2 heterocycles. The van der Waals surface area contributed by atoms with Crippen molar-refractivity contribution in [3.63, 3.8) is 0 Å². The second kappa shape index (κ2) is 9.93. The molecule has 1 aromatic rings. The van der Waals surface area contributed by atoms with E-state index in [2.05, 4.69) is 33.3 Å². The maximum Gasteiger partial charge on any atom is 0.317 e. The molecule has 0 aromatic heterocycles. The van der Waals surface area contributed by atoms with Gasteiger partial charge >= 0.3 is 6.03 Å². The number of carbonyl (C=O) groups excluding carboxylic acids is 1. The molecule has 0 radical (unpaired) electrons. The number of amides is 2. The van der Waals surface area contributed by atoms with Gasteiger partial charge in [-0.2, -0.15) is 5.26 Å². The number of benzene rings is 1. The van der Waals surface area contributed by atoms with E-state index in [0.717, 1.165) is 57.4 Å². The second-order valence-corrected chi connectivity index (χ2v) is 8.64. The Bertz CT molecular complexity index is 671. The molecule has 1 atom stereocenters. The van der Waals surface area contributed by atoms with E-state index in [-0.39, 0.29) is 12.1 Å². The Morgan fingerprint density at radius 1 is 1.11 bits per heavy atom. The van der Waals surface area contributed by atoms with E-state index in [1.54, 1.807) is 0 Å². The summed E-state index contributed by atoms with van der Waals surface area (Å²) in [5.41, 5.74) is 1.99. The van der Waals surface area contributed by atoms with Crippen LogP contribution >= 0.6 is 0 Å². The third kappa shape index (κ3) is 5.48. The molecule has 5 heteroatoms. The third-order valence-electron chi connectivity index (χ3n) is 6.14. The Labute approximate surface area is 169 Å². The lowest BCUT2D eigenvalue weighted by Gasteiger charge is -2.41. The number of hydrogen-bond acceptors (Lipinski definition) is 3. The summed E-state index contributed by atoms with van der Waals surface area (Å²) < 4.78 is 0. The maximum atomic E-state index is 12.8. The van der Waals surface area contributed by atoms with Crippen molar-refractivity contribution in [3.8, 4) is 6.07 Å². The van der Waals surface area contributed by atoms with Gasteiger partial charge in [0.25, 0.3) is 0 Å². The lowest BCUT2D eigenvalue weighted by Crippen LogP contribution is -2.52. The highest BCUT2D eigenvalue weighted by molar-refractivity contribution is 5.74. The van der Waals surface area contributed by atoms with Crippen LogP contribution in [0, 0.1) is 17.2 Å². The molecule has 2 saturated heterocycles. The van der Waals surface area contributed by atoms with Crippen LogP contribution in [0.15, 0.2) is 24.3 Å². The number of carbonyl (C=O) groups is 1. The average molecular weight is 383 g/mol. The Morgan fingerprint density at radius 3 is 2.46 bits per heavy atom. The molecule has 2 fully saturated rings. The molecule has 1 N–H and O–H groups in total. The van der Waals surface area contributed by atoms with Gasteiger partial charge in [-0.15, -0.1) is 0 Å². The first-order valence-corrected chi connectivity index (χ1v) is 10.9. The van der Waals surface area contributed by atoms with Crippen LogP contribution in [0.1, 0.15) is 63.5 Å². The standard InChI is InChI=1S/C23H34N4O/c1-18(2)25-23(28)27-13-5-3-4-6-22(27)21-11-14-26(15-12-21)17-20-9-7-19(16-24)8-10-20/h7-10,18,21-22H,3-6,11-15,17H2,1-2H3,(H,25,28). The summed E-state index contributed by atoms with van der Waals surface area (Å²) in [5.74, 6) is 0.605. The molecule has 1 aromatic carbocycles. The fourth-order valence-electron chi connectivity index (χ4n) is 4.64. The van der Waals surface area contributed by atoms with Crippen LogP contribution in [0.3, 0.4) is 0 Å². The van der Waals surface area contributed by atoms with Crippen LogP contribution in [-0.2, 0) is 6.54 Å². The van der Waals surface area contributed by atoms with E-state index in [9.17, 15) is 4.79 Å². The van der Waals surface area contributed by atoms with E-state index < -0.39 is 0 Å². The van der Waals surface area contributed by atoms with Gasteiger partial charge in [-0.05, 0) is 76.2 Å². The van der Waals surface area contributed by atoms with Gasteiger partial charge in [0.1, 0.15) is 0 Å². The number of rotatable bonds is 4. The van der Waals surface area contributed by atoms with Gasteiger partial charge in [-0.25, -0.2) is 4.79 Å². The van der Waals surface area contributed by atoms with E-state index in [0.29, 0.717) is 12.0 Å². The van der Waals surface area contributed by atoms with E-state index in [1.807, 2.05) is 26.0 Å². The summed E-state index contributed by atoms with van der Waals surface area (Å²) in [6, 6.07) is 10.8. The van der Waals surface area contributed by atoms with Crippen LogP contribution in [0.4, 0.5) is 4.79 Å². The van der Waals surface area contributed by atoms with Gasteiger partial charge < -0.3 is 10.2 Å². The minimum atomic E-state index is 0.127. The van der Waals surface area contributed by atoms with Crippen LogP contribution < -0.4 is 5.32 Å². The molecule has 1 unspecified atom stereocenters. The topological polar surface area (TPSA) is 59.4 Å². The van der Waals surface area contributed by atoms with Crippen LogP contribution in [0.25, 0.3) is 0 Å². The van der Waals surface area contributed by atoms with Crippen molar-refractivity contribution in [2.45, 2.75) is 71.0 Å². The zero-order valence-electron chi connectivity index (χ0n) is 17.4. The van der Waals surface area contributed by atoms with Crippen LogP contribution in [0.2, 0.25) is 0 Å². The number of piperidine rings is 1. The number of likely N-dealkylation sites (tertiary alicyclic amines) is 2. The molecule has 152 valence electrons. The maximum absolute atomic E-state index is 12.8. The van der Waals surface area contributed by atoms with Crippen molar-refractivity contribution in [3.05, 3.63) is 35.4 Å². The number of nitrogens with zero attached hydrogens (tertiary/aromatic N) is 3. The van der Waals surface area contributed by atoms with E-state index in [1.165, 1.54) is 18.4 Å². The Morgan fingerprint density at radius 2 is 1.82 bits per heavy atom. The zero-order valence-corrected chi connectivity index (χ0v) is 17.4. The number of hydrogen-bond donors (Lipinski definition) is 1. The first kappa shape index (κ1) is 20.7. The van der Waals surface area contributed by atoms with Crippen LogP contribution in [0.5, 0.6) is 0 Å². The quantitative estimate of drug-likeness (QED) is 0.852. The molecule has 0 bridgehead atoms. The van der Waals surface area contributed by atoms with Gasteiger partial charge in [0.2, 0.25) is 0 Å². The SMILES string of the molecule is CC(C)NC(=O)N1CCCCCC1C1CCN(Cc2ccc(C#N)cc2)CC1. The molecule has 0 saturated carbocycles. The molecule has 2 aliphatic rings. The van der Waals surface area contributed by atoms with Gasteiger partial charge in [0, 0.05) is 25.2 Å². The predicted molar refractivity (Wildman–Crippen MR) is 112 cm³/mol. The average Bonchev–Trinajstić information content (AvgIpc) is 2.95. The summed E-state index contributed by atoms with van der Waals surface area (Å²) in [7, 11) is 0. The molecular weight excluding hydrogens is 348 g/mol. The number of urea groups is 1. The fraction of sp³-hybridized carbons (Fsp3) is 0.652. The Kier molecular flexibility index (Phi) is 7.33. The molecule has 2 amide bonds. The minimum absolute atomic E-state index is 0.127. The van der Waals surface area contributed by atoms with Crippen molar-refractivity contribution in [2.75, 3.05) is 19.6 Å². The summed E-state index contributed by atoms with van der Waals surface area (Å²) in [4.78, 5) is 17.4. The summed E-state index contributed by atoms with van der Waals surface area (Å²) >= 11 is 0. The van der Waals surface area contributed by atoms with E-state index in [4.69, 9.17) is 5.26 Å². The molecule has 28 heavy (non-hydrogen) atoms. The highest BCUT2D eigenvalue weighted by Gasteiger charge is 2.34.